The maximum atomic E-state index is 11.8. The Morgan fingerprint density at radius 3 is 2.67 bits per heavy atom. The number of pyridine rings is 1. The van der Waals surface area contributed by atoms with Gasteiger partial charge in [0.2, 0.25) is 0 Å². The van der Waals surface area contributed by atoms with Crippen LogP contribution in [-0.2, 0) is 6.42 Å². The highest BCUT2D eigenvalue weighted by Gasteiger charge is 2.08. The number of carbonyl (C=O) groups excluding carboxylic acids is 1. The molecule has 0 radical (unpaired) electrons. The Balaban J connectivity index is 1.91. The highest BCUT2D eigenvalue weighted by molar-refractivity contribution is 7.09. The molecule has 2 aromatic rings. The molecule has 0 aliphatic heterocycles. The SMILES string of the molecule is O=C(NCCc1cccs1)c1cc(Cl)nc(Cl)c1. The topological polar surface area (TPSA) is 42.0 Å². The van der Waals surface area contributed by atoms with Crippen LogP contribution in [0.1, 0.15) is 15.2 Å². The largest absolute Gasteiger partial charge is 0.352 e. The van der Waals surface area contributed by atoms with Gasteiger partial charge >= 0.3 is 0 Å². The highest BCUT2D eigenvalue weighted by Crippen LogP contribution is 2.14. The number of halogens is 2. The Bertz CT molecular complexity index is 523. The molecule has 0 saturated carbocycles. The van der Waals surface area contributed by atoms with Crippen molar-refractivity contribution in [3.8, 4) is 0 Å². The summed E-state index contributed by atoms with van der Waals surface area (Å²) in [5.41, 5.74) is 0.422. The van der Waals surface area contributed by atoms with Crippen molar-refractivity contribution in [2.45, 2.75) is 6.42 Å². The van der Waals surface area contributed by atoms with Gasteiger partial charge in [-0.15, -0.1) is 11.3 Å². The fourth-order valence-corrected chi connectivity index (χ4v) is 2.62. The Morgan fingerprint density at radius 2 is 2.06 bits per heavy atom. The molecule has 0 atom stereocenters. The lowest BCUT2D eigenvalue weighted by Crippen LogP contribution is -2.25. The van der Waals surface area contributed by atoms with Gasteiger partial charge in [0.15, 0.2) is 0 Å². The van der Waals surface area contributed by atoms with Crippen LogP contribution in [0.4, 0.5) is 0 Å². The summed E-state index contributed by atoms with van der Waals surface area (Å²) in [4.78, 5) is 16.9. The Labute approximate surface area is 119 Å². The van der Waals surface area contributed by atoms with Gasteiger partial charge in [0.1, 0.15) is 10.3 Å². The van der Waals surface area contributed by atoms with Crippen LogP contribution in [-0.4, -0.2) is 17.4 Å². The van der Waals surface area contributed by atoms with Gasteiger partial charge in [-0.25, -0.2) is 4.98 Å². The molecular weight excluding hydrogens is 291 g/mol. The summed E-state index contributed by atoms with van der Waals surface area (Å²) in [7, 11) is 0. The molecule has 1 amide bonds. The molecule has 2 rings (SSSR count). The summed E-state index contributed by atoms with van der Waals surface area (Å²) in [6, 6.07) is 7.02. The van der Waals surface area contributed by atoms with Crippen molar-refractivity contribution in [1.82, 2.24) is 10.3 Å². The van der Waals surface area contributed by atoms with Crippen LogP contribution in [0.5, 0.6) is 0 Å². The Hall–Kier alpha value is -1.10. The van der Waals surface area contributed by atoms with E-state index < -0.39 is 0 Å². The van der Waals surface area contributed by atoms with Crippen LogP contribution in [0.25, 0.3) is 0 Å². The minimum absolute atomic E-state index is 0.197. The third-order valence-corrected chi connectivity index (χ3v) is 3.59. The van der Waals surface area contributed by atoms with Crippen LogP contribution >= 0.6 is 34.5 Å². The molecule has 0 aliphatic carbocycles. The number of nitrogens with zero attached hydrogens (tertiary/aromatic N) is 1. The lowest BCUT2D eigenvalue weighted by Gasteiger charge is -2.05. The minimum Gasteiger partial charge on any atom is -0.352 e. The molecule has 0 aromatic carbocycles. The van der Waals surface area contributed by atoms with Gasteiger partial charge < -0.3 is 5.32 Å². The van der Waals surface area contributed by atoms with Crippen molar-refractivity contribution in [2.75, 3.05) is 6.54 Å². The van der Waals surface area contributed by atoms with Gasteiger partial charge in [-0.1, -0.05) is 29.3 Å². The van der Waals surface area contributed by atoms with E-state index in [4.69, 9.17) is 23.2 Å². The molecule has 94 valence electrons. The van der Waals surface area contributed by atoms with E-state index in [1.165, 1.54) is 17.0 Å². The predicted molar refractivity (Wildman–Crippen MR) is 74.6 cm³/mol. The lowest BCUT2D eigenvalue weighted by molar-refractivity contribution is 0.0954. The van der Waals surface area contributed by atoms with Gasteiger partial charge in [0, 0.05) is 17.0 Å². The average Bonchev–Trinajstić information content (AvgIpc) is 2.80. The summed E-state index contributed by atoms with van der Waals surface area (Å²) in [5.74, 6) is -0.197. The van der Waals surface area contributed by atoms with E-state index in [0.29, 0.717) is 12.1 Å². The van der Waals surface area contributed by atoms with E-state index in [1.807, 2.05) is 17.5 Å². The second-order valence-corrected chi connectivity index (χ2v) is 5.39. The van der Waals surface area contributed by atoms with Crippen LogP contribution in [0.2, 0.25) is 10.3 Å². The second-order valence-electron chi connectivity index (χ2n) is 3.59. The van der Waals surface area contributed by atoms with E-state index in [0.717, 1.165) is 6.42 Å². The second kappa shape index (κ2) is 6.18. The van der Waals surface area contributed by atoms with Gasteiger partial charge in [0.25, 0.3) is 5.91 Å². The maximum Gasteiger partial charge on any atom is 0.251 e. The molecule has 0 fully saturated rings. The molecule has 3 nitrogen and oxygen atoms in total. The molecular formula is C12H10Cl2N2OS. The molecule has 0 spiro atoms. The van der Waals surface area contributed by atoms with Gasteiger partial charge in [0.05, 0.1) is 0 Å². The van der Waals surface area contributed by atoms with E-state index in [-0.39, 0.29) is 16.2 Å². The third kappa shape index (κ3) is 3.70. The van der Waals surface area contributed by atoms with Crippen molar-refractivity contribution in [3.05, 3.63) is 50.4 Å². The molecule has 0 aliphatic rings. The van der Waals surface area contributed by atoms with Crippen molar-refractivity contribution >= 4 is 40.4 Å². The smallest absolute Gasteiger partial charge is 0.251 e. The number of carbonyl (C=O) groups is 1. The molecule has 2 heterocycles. The zero-order chi connectivity index (χ0) is 13.0. The van der Waals surface area contributed by atoms with E-state index in [1.54, 1.807) is 11.3 Å². The number of hydrogen-bond acceptors (Lipinski definition) is 3. The average molecular weight is 301 g/mol. The van der Waals surface area contributed by atoms with Crippen LogP contribution < -0.4 is 5.32 Å². The Kier molecular flexibility index (Phi) is 4.58. The number of aromatic nitrogens is 1. The first kappa shape index (κ1) is 13.3. The van der Waals surface area contributed by atoms with E-state index >= 15 is 0 Å². The highest BCUT2D eigenvalue weighted by atomic mass is 35.5. The predicted octanol–water partition coefficient (Wildman–Crippen LogP) is 3.42. The number of hydrogen-bond donors (Lipinski definition) is 1. The van der Waals surface area contributed by atoms with Crippen molar-refractivity contribution in [3.63, 3.8) is 0 Å². The first-order valence-electron chi connectivity index (χ1n) is 5.29. The van der Waals surface area contributed by atoms with Crippen LogP contribution in [0.15, 0.2) is 29.6 Å². The fraction of sp³-hybridized carbons (Fsp3) is 0.167. The molecule has 0 unspecified atom stereocenters. The molecule has 0 saturated heterocycles. The summed E-state index contributed by atoms with van der Waals surface area (Å²) < 4.78 is 0. The first-order chi connectivity index (χ1) is 8.65. The van der Waals surface area contributed by atoms with Crippen molar-refractivity contribution in [1.29, 1.82) is 0 Å². The van der Waals surface area contributed by atoms with Crippen molar-refractivity contribution < 1.29 is 4.79 Å². The number of amides is 1. The quantitative estimate of drug-likeness (QED) is 0.879. The molecule has 1 N–H and O–H groups in total. The number of nitrogens with one attached hydrogen (secondary N) is 1. The standard InChI is InChI=1S/C12H10Cl2N2OS/c13-10-6-8(7-11(14)16-10)12(17)15-4-3-9-2-1-5-18-9/h1-2,5-7H,3-4H2,(H,15,17). The first-order valence-corrected chi connectivity index (χ1v) is 6.92. The summed E-state index contributed by atoms with van der Waals surface area (Å²) in [5, 5.41) is 5.26. The molecule has 2 aromatic heterocycles. The van der Waals surface area contributed by atoms with E-state index in [9.17, 15) is 4.79 Å². The molecule has 0 bridgehead atoms. The zero-order valence-corrected chi connectivity index (χ0v) is 11.6. The summed E-state index contributed by atoms with van der Waals surface area (Å²) in [6.07, 6.45) is 0.815. The summed E-state index contributed by atoms with van der Waals surface area (Å²) in [6.45, 7) is 0.580. The maximum absolute atomic E-state index is 11.8. The molecule has 6 heteroatoms. The Morgan fingerprint density at radius 1 is 1.33 bits per heavy atom. The summed E-state index contributed by atoms with van der Waals surface area (Å²) >= 11 is 13.1. The van der Waals surface area contributed by atoms with Crippen molar-refractivity contribution in [2.24, 2.45) is 0 Å². The third-order valence-electron chi connectivity index (χ3n) is 2.26. The van der Waals surface area contributed by atoms with Crippen LogP contribution in [0.3, 0.4) is 0 Å². The minimum atomic E-state index is -0.197. The van der Waals surface area contributed by atoms with Gasteiger partial charge in [-0.2, -0.15) is 0 Å². The monoisotopic (exact) mass is 300 g/mol. The van der Waals surface area contributed by atoms with Gasteiger partial charge in [-0.3, -0.25) is 4.79 Å². The number of thiophene rings is 1. The lowest BCUT2D eigenvalue weighted by atomic mass is 10.2. The van der Waals surface area contributed by atoms with Crippen LogP contribution in [0, 0.1) is 0 Å². The normalized spacial score (nSPS) is 10.3. The van der Waals surface area contributed by atoms with E-state index in [2.05, 4.69) is 10.3 Å². The molecule has 18 heavy (non-hydrogen) atoms. The number of rotatable bonds is 4. The van der Waals surface area contributed by atoms with Gasteiger partial charge in [-0.05, 0) is 30.0 Å². The zero-order valence-electron chi connectivity index (χ0n) is 9.32. The fourth-order valence-electron chi connectivity index (χ4n) is 1.45.